The molecule has 2 N–H and O–H groups in total. The molecule has 3 rings (SSSR count). The Morgan fingerprint density at radius 3 is 2.38 bits per heavy atom. The maximum atomic E-state index is 13.2. The molecule has 0 spiro atoms. The summed E-state index contributed by atoms with van der Waals surface area (Å²) in [5.41, 5.74) is 2.13. The number of nitrogens with one attached hydrogen (secondary N) is 2. The highest BCUT2D eigenvalue weighted by Gasteiger charge is 2.35. The summed E-state index contributed by atoms with van der Waals surface area (Å²) in [4.78, 5) is 25.8. The zero-order valence-electron chi connectivity index (χ0n) is 19.1. The van der Waals surface area contributed by atoms with Gasteiger partial charge in [-0.2, -0.15) is 0 Å². The smallest absolute Gasteiger partial charge is 0.338 e. The van der Waals surface area contributed by atoms with Crippen molar-refractivity contribution in [3.05, 3.63) is 65.2 Å². The van der Waals surface area contributed by atoms with Crippen LogP contribution in [0.5, 0.6) is 11.5 Å². The summed E-state index contributed by atoms with van der Waals surface area (Å²) in [5, 5.41) is 5.65. The minimum atomic E-state index is -0.699. The molecule has 0 fully saturated rings. The van der Waals surface area contributed by atoms with Gasteiger partial charge in [-0.25, -0.2) is 9.59 Å². The fourth-order valence-corrected chi connectivity index (χ4v) is 3.34. The molecule has 32 heavy (non-hydrogen) atoms. The van der Waals surface area contributed by atoms with Crippen LogP contribution < -0.4 is 20.1 Å². The standard InChI is InChI=1S/C25H30N2O5/c1-15(2)14-31-20-8-6-7-18(13-20)23-21(24(28)32-16(3)4)22(26-25(29)27-23)17-9-11-19(30-5)12-10-17/h6-13,15-16,23H,14H2,1-5H3,(H2,26,27,29). The first kappa shape index (κ1) is 23.2. The van der Waals surface area contributed by atoms with Crippen LogP contribution in [0.15, 0.2) is 54.1 Å². The molecule has 0 radical (unpaired) electrons. The van der Waals surface area contributed by atoms with E-state index in [4.69, 9.17) is 14.2 Å². The molecule has 0 saturated heterocycles. The van der Waals surface area contributed by atoms with E-state index in [1.54, 1.807) is 45.2 Å². The summed E-state index contributed by atoms with van der Waals surface area (Å²) in [6, 6.07) is 13.4. The van der Waals surface area contributed by atoms with Crippen molar-refractivity contribution in [1.82, 2.24) is 10.6 Å². The monoisotopic (exact) mass is 438 g/mol. The van der Waals surface area contributed by atoms with Gasteiger partial charge in [0.25, 0.3) is 0 Å². The highest BCUT2D eigenvalue weighted by atomic mass is 16.5. The number of carbonyl (C=O) groups is 2. The maximum Gasteiger partial charge on any atom is 0.338 e. The summed E-state index contributed by atoms with van der Waals surface area (Å²) >= 11 is 0. The number of esters is 1. The average Bonchev–Trinajstić information content (AvgIpc) is 2.76. The van der Waals surface area contributed by atoms with E-state index in [1.807, 2.05) is 24.3 Å². The second kappa shape index (κ2) is 10.2. The van der Waals surface area contributed by atoms with Crippen LogP contribution in [-0.4, -0.2) is 31.8 Å². The van der Waals surface area contributed by atoms with Crippen LogP contribution in [0.2, 0.25) is 0 Å². The van der Waals surface area contributed by atoms with Crippen molar-refractivity contribution in [2.45, 2.75) is 39.8 Å². The minimum Gasteiger partial charge on any atom is -0.497 e. The Hall–Kier alpha value is -3.48. The molecule has 170 valence electrons. The topological polar surface area (TPSA) is 85.9 Å². The SMILES string of the molecule is COc1ccc(C2=C(C(=O)OC(C)C)C(c3cccc(OCC(C)C)c3)NC(=O)N2)cc1. The summed E-state index contributed by atoms with van der Waals surface area (Å²) < 4.78 is 16.6. The van der Waals surface area contributed by atoms with Gasteiger partial charge < -0.3 is 24.8 Å². The minimum absolute atomic E-state index is 0.314. The lowest BCUT2D eigenvalue weighted by Crippen LogP contribution is -2.45. The summed E-state index contributed by atoms with van der Waals surface area (Å²) in [6.07, 6.45) is -0.314. The third-order valence-electron chi connectivity index (χ3n) is 4.79. The molecule has 7 nitrogen and oxygen atoms in total. The number of amides is 2. The third kappa shape index (κ3) is 5.60. The zero-order chi connectivity index (χ0) is 23.3. The Morgan fingerprint density at radius 1 is 1.03 bits per heavy atom. The highest BCUT2D eigenvalue weighted by molar-refractivity contribution is 6.04. The van der Waals surface area contributed by atoms with E-state index in [-0.39, 0.29) is 6.10 Å². The normalized spacial score (nSPS) is 16.0. The third-order valence-corrected chi connectivity index (χ3v) is 4.79. The van der Waals surface area contributed by atoms with Crippen molar-refractivity contribution in [2.24, 2.45) is 5.92 Å². The Bertz CT molecular complexity index is 996. The molecule has 1 heterocycles. The predicted molar refractivity (Wildman–Crippen MR) is 122 cm³/mol. The van der Waals surface area contributed by atoms with Crippen LogP contribution in [0.4, 0.5) is 4.79 Å². The van der Waals surface area contributed by atoms with Crippen molar-refractivity contribution in [3.8, 4) is 11.5 Å². The number of ether oxygens (including phenoxy) is 3. The van der Waals surface area contributed by atoms with E-state index >= 15 is 0 Å². The van der Waals surface area contributed by atoms with Gasteiger partial charge in [0, 0.05) is 0 Å². The molecule has 2 aromatic carbocycles. The Labute approximate surface area is 188 Å². The number of methoxy groups -OCH3 is 1. The Balaban J connectivity index is 2.09. The fourth-order valence-electron chi connectivity index (χ4n) is 3.34. The van der Waals surface area contributed by atoms with Crippen LogP contribution in [0.1, 0.15) is 44.9 Å². The Morgan fingerprint density at radius 2 is 1.75 bits per heavy atom. The van der Waals surface area contributed by atoms with Gasteiger partial charge in [-0.05, 0) is 67.3 Å². The molecular weight excluding hydrogens is 408 g/mol. The number of hydrogen-bond acceptors (Lipinski definition) is 5. The van der Waals surface area contributed by atoms with Gasteiger partial charge in [-0.3, -0.25) is 0 Å². The molecule has 7 heteroatoms. The summed E-state index contributed by atoms with van der Waals surface area (Å²) in [5.74, 6) is 1.21. The second-order valence-electron chi connectivity index (χ2n) is 8.28. The number of urea groups is 1. The van der Waals surface area contributed by atoms with Crippen molar-refractivity contribution in [2.75, 3.05) is 13.7 Å². The summed E-state index contributed by atoms with van der Waals surface area (Å²) in [7, 11) is 1.58. The van der Waals surface area contributed by atoms with E-state index in [0.717, 1.165) is 5.56 Å². The quantitative estimate of drug-likeness (QED) is 0.595. The highest BCUT2D eigenvalue weighted by Crippen LogP contribution is 2.34. The predicted octanol–water partition coefficient (Wildman–Crippen LogP) is 4.45. The molecular formula is C25H30N2O5. The van der Waals surface area contributed by atoms with E-state index in [1.165, 1.54) is 0 Å². The molecule has 0 bridgehead atoms. The Kier molecular flexibility index (Phi) is 7.41. The first-order valence-electron chi connectivity index (χ1n) is 10.7. The van der Waals surface area contributed by atoms with Crippen LogP contribution in [0.25, 0.3) is 5.70 Å². The number of rotatable bonds is 8. The largest absolute Gasteiger partial charge is 0.497 e. The van der Waals surface area contributed by atoms with Gasteiger partial charge in [0.15, 0.2) is 0 Å². The lowest BCUT2D eigenvalue weighted by atomic mass is 9.92. The van der Waals surface area contributed by atoms with E-state index in [9.17, 15) is 9.59 Å². The average molecular weight is 439 g/mol. The number of carbonyl (C=O) groups excluding carboxylic acids is 2. The van der Waals surface area contributed by atoms with E-state index in [2.05, 4.69) is 24.5 Å². The molecule has 1 atom stereocenters. The fraction of sp³-hybridized carbons (Fsp3) is 0.360. The molecule has 1 aliphatic heterocycles. The molecule has 2 amide bonds. The second-order valence-corrected chi connectivity index (χ2v) is 8.28. The van der Waals surface area contributed by atoms with Crippen LogP contribution in [0, 0.1) is 5.92 Å². The molecule has 1 aliphatic rings. The molecule has 0 aromatic heterocycles. The zero-order valence-corrected chi connectivity index (χ0v) is 19.1. The van der Waals surface area contributed by atoms with Gasteiger partial charge in [0.2, 0.25) is 0 Å². The molecule has 0 saturated carbocycles. The molecule has 0 aliphatic carbocycles. The van der Waals surface area contributed by atoms with Crippen molar-refractivity contribution < 1.29 is 23.8 Å². The first-order chi connectivity index (χ1) is 15.3. The lowest BCUT2D eigenvalue weighted by molar-refractivity contribution is -0.143. The lowest BCUT2D eigenvalue weighted by Gasteiger charge is -2.30. The number of benzene rings is 2. The van der Waals surface area contributed by atoms with Crippen LogP contribution in [0.3, 0.4) is 0 Å². The van der Waals surface area contributed by atoms with Crippen molar-refractivity contribution >= 4 is 17.7 Å². The molecule has 2 aromatic rings. The van der Waals surface area contributed by atoms with Crippen molar-refractivity contribution in [3.63, 3.8) is 0 Å². The summed E-state index contributed by atoms with van der Waals surface area (Å²) in [6.45, 7) is 8.28. The van der Waals surface area contributed by atoms with Gasteiger partial charge in [-0.1, -0.05) is 26.0 Å². The van der Waals surface area contributed by atoms with Crippen molar-refractivity contribution in [1.29, 1.82) is 0 Å². The maximum absolute atomic E-state index is 13.2. The first-order valence-corrected chi connectivity index (χ1v) is 10.7. The van der Waals surface area contributed by atoms with Gasteiger partial charge >= 0.3 is 12.0 Å². The van der Waals surface area contributed by atoms with E-state index in [0.29, 0.717) is 40.9 Å². The van der Waals surface area contributed by atoms with Gasteiger partial charge in [-0.15, -0.1) is 0 Å². The van der Waals surface area contributed by atoms with Crippen LogP contribution in [-0.2, 0) is 9.53 Å². The van der Waals surface area contributed by atoms with Gasteiger partial charge in [0.05, 0.1) is 37.1 Å². The van der Waals surface area contributed by atoms with Crippen LogP contribution >= 0.6 is 0 Å². The van der Waals surface area contributed by atoms with Gasteiger partial charge in [0.1, 0.15) is 11.5 Å². The number of hydrogen-bond donors (Lipinski definition) is 2. The van der Waals surface area contributed by atoms with E-state index < -0.39 is 18.0 Å². The molecule has 1 unspecified atom stereocenters.